The zero-order valence-electron chi connectivity index (χ0n) is 11.6. The molecule has 0 aromatic heterocycles. The average molecular weight is 243 g/mol. The summed E-state index contributed by atoms with van der Waals surface area (Å²) < 4.78 is 11.4. The summed E-state index contributed by atoms with van der Waals surface area (Å²) in [6, 6.07) is 0. The predicted octanol–water partition coefficient (Wildman–Crippen LogP) is 1.72. The molecule has 4 heteroatoms. The first-order valence-corrected chi connectivity index (χ1v) is 6.47. The summed E-state index contributed by atoms with van der Waals surface area (Å²) in [6.07, 6.45) is 1.41. The molecule has 1 N–H and O–H groups in total. The van der Waals surface area contributed by atoms with E-state index in [0.29, 0.717) is 0 Å². The van der Waals surface area contributed by atoms with Gasteiger partial charge in [0, 0.05) is 12.1 Å². The highest BCUT2D eigenvalue weighted by Gasteiger charge is 2.52. The van der Waals surface area contributed by atoms with Crippen molar-refractivity contribution >= 4 is 0 Å². The lowest BCUT2D eigenvalue weighted by atomic mass is 9.88. The van der Waals surface area contributed by atoms with E-state index in [1.54, 1.807) is 0 Å². The molecular weight excluding hydrogens is 218 g/mol. The third-order valence-electron chi connectivity index (χ3n) is 3.42. The molecule has 17 heavy (non-hydrogen) atoms. The van der Waals surface area contributed by atoms with Gasteiger partial charge >= 0.3 is 0 Å². The van der Waals surface area contributed by atoms with Crippen molar-refractivity contribution in [3.05, 3.63) is 0 Å². The van der Waals surface area contributed by atoms with Crippen LogP contribution in [0.3, 0.4) is 0 Å². The molecule has 0 aliphatic carbocycles. The second-order valence-corrected chi connectivity index (χ2v) is 6.78. The van der Waals surface area contributed by atoms with Gasteiger partial charge in [-0.3, -0.25) is 4.90 Å². The molecular formula is C13H25NO3. The Balaban J connectivity index is 1.92. The van der Waals surface area contributed by atoms with Crippen LogP contribution in [0.25, 0.3) is 0 Å². The van der Waals surface area contributed by atoms with Crippen LogP contribution in [0, 0.1) is 0 Å². The Kier molecular flexibility index (Phi) is 3.28. The molecule has 3 atom stereocenters. The number of hydrogen-bond donors (Lipinski definition) is 1. The summed E-state index contributed by atoms with van der Waals surface area (Å²) in [5.41, 5.74) is -0.183. The van der Waals surface area contributed by atoms with E-state index in [4.69, 9.17) is 9.47 Å². The van der Waals surface area contributed by atoms with E-state index in [1.165, 1.54) is 0 Å². The van der Waals surface area contributed by atoms with Gasteiger partial charge in [0.05, 0.1) is 11.7 Å². The molecule has 0 amide bonds. The second-order valence-electron chi connectivity index (χ2n) is 6.78. The number of hydrogen-bond acceptors (Lipinski definition) is 4. The molecule has 0 aromatic carbocycles. The molecule has 2 fully saturated rings. The van der Waals surface area contributed by atoms with E-state index in [-0.39, 0.29) is 29.8 Å². The Bertz CT molecular complexity index is 285. The minimum Gasteiger partial charge on any atom is -0.393 e. The first kappa shape index (κ1) is 13.3. The van der Waals surface area contributed by atoms with Crippen LogP contribution >= 0.6 is 0 Å². The number of piperidine rings is 1. The van der Waals surface area contributed by atoms with Crippen molar-refractivity contribution in [2.24, 2.45) is 0 Å². The number of rotatable bonds is 2. The van der Waals surface area contributed by atoms with Gasteiger partial charge in [-0.15, -0.1) is 0 Å². The summed E-state index contributed by atoms with van der Waals surface area (Å²) in [4.78, 5) is 2.32. The monoisotopic (exact) mass is 243 g/mol. The zero-order chi connectivity index (χ0) is 12.8. The molecule has 0 radical (unpaired) electrons. The largest absolute Gasteiger partial charge is 0.393 e. The van der Waals surface area contributed by atoms with Gasteiger partial charge in [0.15, 0.2) is 12.5 Å². The van der Waals surface area contributed by atoms with Crippen molar-refractivity contribution in [2.45, 2.75) is 77.2 Å². The molecule has 3 unspecified atom stereocenters. The lowest BCUT2D eigenvalue weighted by Gasteiger charge is -2.43. The molecule has 0 spiro atoms. The Morgan fingerprint density at radius 3 is 2.53 bits per heavy atom. The first-order valence-electron chi connectivity index (χ1n) is 6.47. The van der Waals surface area contributed by atoms with E-state index in [0.717, 1.165) is 19.4 Å². The predicted molar refractivity (Wildman–Crippen MR) is 65.5 cm³/mol. The summed E-state index contributed by atoms with van der Waals surface area (Å²) in [7, 11) is 0. The van der Waals surface area contributed by atoms with Gasteiger partial charge in [0.2, 0.25) is 0 Å². The van der Waals surface area contributed by atoms with Gasteiger partial charge in [-0.05, 0) is 47.5 Å². The SMILES string of the molecule is CC(C)(C)OC1OC1N1CCC(O)CC1(C)C. The van der Waals surface area contributed by atoms with E-state index in [1.807, 2.05) is 20.8 Å². The topological polar surface area (TPSA) is 45.2 Å². The molecule has 2 heterocycles. The molecule has 2 aliphatic heterocycles. The van der Waals surface area contributed by atoms with Crippen LogP contribution in [0.1, 0.15) is 47.5 Å². The standard InChI is InChI=1S/C13H25NO3/c1-12(2,3)17-11-10(16-11)14-7-6-9(15)8-13(14,4)5/h9-11,15H,6-8H2,1-5H3. The first-order chi connectivity index (χ1) is 7.69. The highest BCUT2D eigenvalue weighted by Crippen LogP contribution is 2.39. The van der Waals surface area contributed by atoms with Crippen molar-refractivity contribution in [3.63, 3.8) is 0 Å². The number of nitrogens with zero attached hydrogens (tertiary/aromatic N) is 1. The van der Waals surface area contributed by atoms with Gasteiger partial charge in [-0.2, -0.15) is 0 Å². The van der Waals surface area contributed by atoms with Gasteiger partial charge < -0.3 is 14.6 Å². The van der Waals surface area contributed by atoms with Crippen LogP contribution in [-0.2, 0) is 9.47 Å². The number of aliphatic hydroxyl groups excluding tert-OH is 1. The smallest absolute Gasteiger partial charge is 0.200 e. The van der Waals surface area contributed by atoms with Gasteiger partial charge in [-0.1, -0.05) is 0 Å². The average Bonchev–Trinajstić information content (AvgIpc) is 2.78. The number of aliphatic hydroxyl groups is 1. The maximum atomic E-state index is 9.72. The van der Waals surface area contributed by atoms with Gasteiger partial charge in [0.1, 0.15) is 0 Å². The van der Waals surface area contributed by atoms with Crippen LogP contribution in [0.4, 0.5) is 0 Å². The molecule has 2 rings (SSSR count). The van der Waals surface area contributed by atoms with Crippen molar-refractivity contribution in [3.8, 4) is 0 Å². The van der Waals surface area contributed by atoms with Crippen molar-refractivity contribution in [1.29, 1.82) is 0 Å². The molecule has 0 aromatic rings. The number of epoxide rings is 1. The zero-order valence-corrected chi connectivity index (χ0v) is 11.6. The minimum atomic E-state index is -0.179. The van der Waals surface area contributed by atoms with E-state index in [9.17, 15) is 5.11 Å². The molecule has 0 saturated carbocycles. The highest BCUT2D eigenvalue weighted by atomic mass is 16.8. The Morgan fingerprint density at radius 1 is 1.35 bits per heavy atom. The summed E-state index contributed by atoms with van der Waals surface area (Å²) >= 11 is 0. The number of likely N-dealkylation sites (tertiary alicyclic amines) is 1. The van der Waals surface area contributed by atoms with Crippen LogP contribution in [0.2, 0.25) is 0 Å². The van der Waals surface area contributed by atoms with Crippen LogP contribution in [-0.4, -0.2) is 46.3 Å². The van der Waals surface area contributed by atoms with Crippen molar-refractivity contribution in [1.82, 2.24) is 4.90 Å². The summed E-state index contributed by atoms with van der Waals surface area (Å²) in [5.74, 6) is 0. The Hall–Kier alpha value is -0.160. The van der Waals surface area contributed by atoms with E-state index < -0.39 is 0 Å². The third-order valence-corrected chi connectivity index (χ3v) is 3.42. The molecule has 2 aliphatic rings. The molecule has 100 valence electrons. The van der Waals surface area contributed by atoms with Gasteiger partial charge in [0.25, 0.3) is 0 Å². The molecule has 0 bridgehead atoms. The fourth-order valence-electron chi connectivity index (χ4n) is 2.61. The second kappa shape index (κ2) is 4.19. The lowest BCUT2D eigenvalue weighted by Crippen LogP contribution is -2.53. The maximum Gasteiger partial charge on any atom is 0.200 e. The van der Waals surface area contributed by atoms with Crippen LogP contribution < -0.4 is 0 Å². The Labute approximate surface area is 104 Å². The maximum absolute atomic E-state index is 9.72. The summed E-state index contributed by atoms with van der Waals surface area (Å²) in [5, 5.41) is 9.72. The van der Waals surface area contributed by atoms with Crippen molar-refractivity contribution in [2.75, 3.05) is 6.54 Å². The van der Waals surface area contributed by atoms with E-state index in [2.05, 4.69) is 18.7 Å². The van der Waals surface area contributed by atoms with Crippen molar-refractivity contribution < 1.29 is 14.6 Å². The summed E-state index contributed by atoms with van der Waals surface area (Å²) in [6.45, 7) is 11.3. The number of ether oxygens (including phenoxy) is 2. The quantitative estimate of drug-likeness (QED) is 0.750. The molecule has 2 saturated heterocycles. The fraction of sp³-hybridized carbons (Fsp3) is 1.00. The lowest BCUT2D eigenvalue weighted by molar-refractivity contribution is -0.0615. The van der Waals surface area contributed by atoms with E-state index >= 15 is 0 Å². The third kappa shape index (κ3) is 3.19. The molecule has 4 nitrogen and oxygen atoms in total. The van der Waals surface area contributed by atoms with Crippen LogP contribution in [0.15, 0.2) is 0 Å². The van der Waals surface area contributed by atoms with Crippen LogP contribution in [0.5, 0.6) is 0 Å². The highest BCUT2D eigenvalue weighted by molar-refractivity contribution is 4.95. The van der Waals surface area contributed by atoms with Gasteiger partial charge in [-0.25, -0.2) is 0 Å². The normalized spacial score (nSPS) is 38.1. The minimum absolute atomic E-state index is 0.0155. The Morgan fingerprint density at radius 2 is 2.00 bits per heavy atom. The fourth-order valence-corrected chi connectivity index (χ4v) is 2.61.